The molecule has 124 valence electrons. The lowest BCUT2D eigenvalue weighted by atomic mass is 10.4. The molecule has 0 amide bonds. The molecule has 0 aliphatic carbocycles. The third kappa shape index (κ3) is 3.83. The van der Waals surface area contributed by atoms with Crippen molar-refractivity contribution >= 4 is 28.8 Å². The monoisotopic (exact) mass is 344 g/mol. The highest BCUT2D eigenvalue weighted by Gasteiger charge is 2.10. The van der Waals surface area contributed by atoms with Gasteiger partial charge in [-0.1, -0.05) is 18.2 Å². The van der Waals surface area contributed by atoms with E-state index in [1.807, 2.05) is 30.3 Å². The predicted octanol–water partition coefficient (Wildman–Crippen LogP) is 1.88. The molecule has 2 heterocycles. The molecule has 0 saturated carbocycles. The Morgan fingerprint density at radius 3 is 2.92 bits per heavy atom. The van der Waals surface area contributed by atoms with Crippen molar-refractivity contribution in [1.29, 1.82) is 0 Å². The van der Waals surface area contributed by atoms with Gasteiger partial charge in [-0.3, -0.25) is 14.3 Å². The van der Waals surface area contributed by atoms with E-state index in [9.17, 15) is 9.59 Å². The van der Waals surface area contributed by atoms with Crippen LogP contribution in [0.4, 0.5) is 0 Å². The van der Waals surface area contributed by atoms with Crippen LogP contribution in [-0.2, 0) is 23.2 Å². The number of thioether (sulfide) groups is 1. The number of nitrogens with one attached hydrogen (secondary N) is 1. The number of fused-ring (bicyclic) bond motifs is 1. The van der Waals surface area contributed by atoms with Crippen LogP contribution in [0.2, 0.25) is 0 Å². The van der Waals surface area contributed by atoms with Gasteiger partial charge >= 0.3 is 5.97 Å². The van der Waals surface area contributed by atoms with Crippen LogP contribution in [0.3, 0.4) is 0 Å². The molecule has 0 atom stereocenters. The standard InChI is InChI=1S/C16H16N4O3S/c1-20-15-12(9-17-20)16(22)19-13(18-15)10-23-14(21)7-8-24-11-5-3-2-4-6-11/h2-6,9H,7-8,10H2,1H3,(H,18,19,22). The van der Waals surface area contributed by atoms with Crippen molar-refractivity contribution in [1.82, 2.24) is 19.7 Å². The molecule has 24 heavy (non-hydrogen) atoms. The van der Waals surface area contributed by atoms with Crippen LogP contribution >= 0.6 is 11.8 Å². The summed E-state index contributed by atoms with van der Waals surface area (Å²) in [6.07, 6.45) is 1.75. The molecule has 3 rings (SSSR count). The molecule has 0 fully saturated rings. The average molecular weight is 344 g/mol. The number of H-pyrrole nitrogens is 1. The molecular weight excluding hydrogens is 328 g/mol. The second kappa shape index (κ2) is 7.31. The second-order valence-corrected chi connectivity index (χ2v) is 6.26. The van der Waals surface area contributed by atoms with E-state index < -0.39 is 0 Å². The van der Waals surface area contributed by atoms with E-state index in [1.54, 1.807) is 18.8 Å². The van der Waals surface area contributed by atoms with Crippen molar-refractivity contribution in [3.63, 3.8) is 0 Å². The zero-order valence-electron chi connectivity index (χ0n) is 13.1. The van der Waals surface area contributed by atoms with E-state index >= 15 is 0 Å². The average Bonchev–Trinajstić information content (AvgIpc) is 2.96. The first-order chi connectivity index (χ1) is 11.6. The lowest BCUT2D eigenvalue weighted by Gasteiger charge is -2.05. The Labute approximate surface area is 142 Å². The number of aromatic nitrogens is 4. The first kappa shape index (κ1) is 16.3. The van der Waals surface area contributed by atoms with Gasteiger partial charge in [-0.2, -0.15) is 5.10 Å². The van der Waals surface area contributed by atoms with Gasteiger partial charge in [0.05, 0.1) is 12.6 Å². The largest absolute Gasteiger partial charge is 0.457 e. The molecule has 1 N–H and O–H groups in total. The van der Waals surface area contributed by atoms with Gasteiger partial charge in [0, 0.05) is 17.7 Å². The smallest absolute Gasteiger partial charge is 0.307 e. The third-order valence-electron chi connectivity index (χ3n) is 3.34. The summed E-state index contributed by atoms with van der Waals surface area (Å²) in [7, 11) is 1.70. The van der Waals surface area contributed by atoms with Gasteiger partial charge < -0.3 is 9.72 Å². The zero-order valence-corrected chi connectivity index (χ0v) is 13.9. The van der Waals surface area contributed by atoms with Crippen molar-refractivity contribution in [2.24, 2.45) is 7.05 Å². The van der Waals surface area contributed by atoms with E-state index in [1.165, 1.54) is 10.9 Å². The quantitative estimate of drug-likeness (QED) is 0.542. The van der Waals surface area contributed by atoms with Crippen molar-refractivity contribution in [2.75, 3.05) is 5.75 Å². The lowest BCUT2D eigenvalue weighted by molar-refractivity contribution is -0.144. The molecule has 0 spiro atoms. The summed E-state index contributed by atoms with van der Waals surface area (Å²) < 4.78 is 6.68. The number of esters is 1. The Morgan fingerprint density at radius 2 is 2.12 bits per heavy atom. The summed E-state index contributed by atoms with van der Waals surface area (Å²) in [6, 6.07) is 9.85. The van der Waals surface area contributed by atoms with Crippen molar-refractivity contribution in [3.05, 3.63) is 52.7 Å². The van der Waals surface area contributed by atoms with E-state index in [-0.39, 0.29) is 24.6 Å². The van der Waals surface area contributed by atoms with Crippen molar-refractivity contribution in [3.8, 4) is 0 Å². The lowest BCUT2D eigenvalue weighted by Crippen LogP contribution is -2.14. The minimum Gasteiger partial charge on any atom is -0.457 e. The van der Waals surface area contributed by atoms with Crippen LogP contribution < -0.4 is 5.56 Å². The Balaban J connectivity index is 1.53. The van der Waals surface area contributed by atoms with Gasteiger partial charge in [0.1, 0.15) is 17.8 Å². The molecule has 0 aliphatic rings. The first-order valence-corrected chi connectivity index (χ1v) is 8.36. The number of nitrogens with zero attached hydrogens (tertiary/aromatic N) is 3. The number of aromatic amines is 1. The van der Waals surface area contributed by atoms with E-state index in [2.05, 4.69) is 15.1 Å². The molecule has 0 saturated heterocycles. The topological polar surface area (TPSA) is 89.9 Å². The van der Waals surface area contributed by atoms with Gasteiger partial charge in [0.25, 0.3) is 5.56 Å². The minimum absolute atomic E-state index is 0.0643. The Morgan fingerprint density at radius 1 is 1.33 bits per heavy atom. The normalized spacial score (nSPS) is 10.9. The van der Waals surface area contributed by atoms with E-state index in [4.69, 9.17) is 4.74 Å². The Kier molecular flexibility index (Phi) is 4.95. The highest BCUT2D eigenvalue weighted by atomic mass is 32.2. The number of rotatable bonds is 6. The summed E-state index contributed by atoms with van der Waals surface area (Å²) in [5.74, 6) is 0.611. The van der Waals surface area contributed by atoms with Gasteiger partial charge in [0.2, 0.25) is 0 Å². The molecule has 1 aromatic carbocycles. The molecule has 0 unspecified atom stereocenters. The first-order valence-electron chi connectivity index (χ1n) is 7.38. The molecular formula is C16H16N4O3S. The van der Waals surface area contributed by atoms with Crippen LogP contribution in [0.5, 0.6) is 0 Å². The fourth-order valence-electron chi connectivity index (χ4n) is 2.14. The number of ether oxygens (including phenoxy) is 1. The second-order valence-electron chi connectivity index (χ2n) is 5.09. The maximum atomic E-state index is 11.9. The molecule has 2 aromatic heterocycles. The van der Waals surface area contributed by atoms with Crippen LogP contribution in [0.25, 0.3) is 11.0 Å². The van der Waals surface area contributed by atoms with Crippen molar-refractivity contribution < 1.29 is 9.53 Å². The number of carbonyl (C=O) groups excluding carboxylic acids is 1. The SMILES string of the molecule is Cn1ncc2c(=O)[nH]c(COC(=O)CCSc3ccccc3)nc21. The van der Waals surface area contributed by atoms with Gasteiger partial charge in [0.15, 0.2) is 5.65 Å². The van der Waals surface area contributed by atoms with E-state index in [0.717, 1.165) is 4.90 Å². The third-order valence-corrected chi connectivity index (χ3v) is 4.35. The van der Waals surface area contributed by atoms with Crippen LogP contribution in [0.1, 0.15) is 12.2 Å². The molecule has 0 radical (unpaired) electrons. The molecule has 0 bridgehead atoms. The highest BCUT2D eigenvalue weighted by Crippen LogP contribution is 2.17. The van der Waals surface area contributed by atoms with Crippen LogP contribution in [0.15, 0.2) is 46.2 Å². The molecule has 8 heteroatoms. The molecule has 0 aliphatic heterocycles. The van der Waals surface area contributed by atoms with Gasteiger partial charge in [-0.15, -0.1) is 11.8 Å². The number of hydrogen-bond donors (Lipinski definition) is 1. The molecule has 7 nitrogen and oxygen atoms in total. The molecule has 3 aromatic rings. The van der Waals surface area contributed by atoms with E-state index in [0.29, 0.717) is 22.6 Å². The number of aryl methyl sites for hydroxylation is 1. The maximum Gasteiger partial charge on any atom is 0.307 e. The number of carbonyl (C=O) groups is 1. The minimum atomic E-state index is -0.328. The number of benzene rings is 1. The summed E-state index contributed by atoms with van der Waals surface area (Å²) in [4.78, 5) is 31.7. The van der Waals surface area contributed by atoms with Crippen molar-refractivity contribution in [2.45, 2.75) is 17.9 Å². The summed E-state index contributed by atoms with van der Waals surface area (Å²) >= 11 is 1.59. The fraction of sp³-hybridized carbons (Fsp3) is 0.250. The van der Waals surface area contributed by atoms with Gasteiger partial charge in [-0.05, 0) is 12.1 Å². The predicted molar refractivity (Wildman–Crippen MR) is 90.7 cm³/mol. The van der Waals surface area contributed by atoms with Crippen LogP contribution in [-0.4, -0.2) is 31.5 Å². The Bertz CT molecular complexity index is 905. The summed E-state index contributed by atoms with van der Waals surface area (Å²) in [5.41, 5.74) is 0.170. The summed E-state index contributed by atoms with van der Waals surface area (Å²) in [6.45, 7) is -0.0643. The Hall–Kier alpha value is -2.61. The fourth-order valence-corrected chi connectivity index (χ4v) is 2.99. The maximum absolute atomic E-state index is 11.9. The van der Waals surface area contributed by atoms with Crippen LogP contribution in [0, 0.1) is 0 Å². The number of hydrogen-bond acceptors (Lipinski definition) is 6. The summed E-state index contributed by atoms with van der Waals surface area (Å²) in [5, 5.41) is 4.39. The highest BCUT2D eigenvalue weighted by molar-refractivity contribution is 7.99. The zero-order chi connectivity index (χ0) is 16.9. The van der Waals surface area contributed by atoms with Gasteiger partial charge in [-0.25, -0.2) is 4.98 Å².